The molecule has 16 heavy (non-hydrogen) atoms. The third kappa shape index (κ3) is 1.99. The fourth-order valence-corrected chi connectivity index (χ4v) is 1.91. The number of carbonyl (C=O) groups is 1. The average molecular weight is 258 g/mol. The van der Waals surface area contributed by atoms with Crippen LogP contribution in [0.3, 0.4) is 0 Å². The van der Waals surface area contributed by atoms with E-state index in [1.807, 2.05) is 0 Å². The molecule has 0 aromatic heterocycles. The lowest BCUT2D eigenvalue weighted by molar-refractivity contribution is -0.120. The maximum absolute atomic E-state index is 11.7. The number of aliphatic imine (C=N–C) groups is 1. The number of nitrogens with one attached hydrogen (secondary N) is 2. The minimum atomic E-state index is -0.537. The van der Waals surface area contributed by atoms with Gasteiger partial charge in [0.1, 0.15) is 6.04 Å². The van der Waals surface area contributed by atoms with Crippen molar-refractivity contribution in [3.63, 3.8) is 0 Å². The van der Waals surface area contributed by atoms with Crippen molar-refractivity contribution in [3.8, 4) is 0 Å². The van der Waals surface area contributed by atoms with Crippen molar-refractivity contribution in [1.82, 2.24) is 10.6 Å². The summed E-state index contributed by atoms with van der Waals surface area (Å²) in [6.07, 6.45) is 0. The number of guanidine groups is 1. The summed E-state index contributed by atoms with van der Waals surface area (Å²) in [5.74, 6) is 0.246. The van der Waals surface area contributed by atoms with Crippen LogP contribution in [0.25, 0.3) is 0 Å². The van der Waals surface area contributed by atoms with Crippen molar-refractivity contribution < 1.29 is 4.79 Å². The average Bonchev–Trinajstić information content (AvgIpc) is 2.63. The minimum Gasteiger partial charge on any atom is -0.340 e. The normalized spacial score (nSPS) is 22.1. The molecule has 84 valence electrons. The zero-order chi connectivity index (χ0) is 11.7. The van der Waals surface area contributed by atoms with Crippen LogP contribution in [0, 0.1) is 0 Å². The lowest BCUT2D eigenvalue weighted by atomic mass is 10.1. The molecule has 1 saturated heterocycles. The van der Waals surface area contributed by atoms with Crippen LogP contribution in [0.2, 0.25) is 10.0 Å². The number of amides is 1. The van der Waals surface area contributed by atoms with Gasteiger partial charge in [-0.25, -0.2) is 0 Å². The summed E-state index contributed by atoms with van der Waals surface area (Å²) in [6, 6.07) is 4.47. The number of benzene rings is 1. The molecule has 0 radical (unpaired) electrons. The number of carbonyl (C=O) groups excluding carboxylic acids is 1. The number of halogens is 2. The SMILES string of the molecule is CN=C1NC(=O)C(c2cc(Cl)ccc2Cl)N1. The fourth-order valence-electron chi connectivity index (χ4n) is 1.50. The minimum absolute atomic E-state index is 0.190. The molecule has 1 aromatic rings. The molecule has 1 amide bonds. The predicted molar refractivity (Wildman–Crippen MR) is 63.8 cm³/mol. The Kier molecular flexibility index (Phi) is 3.03. The first-order chi connectivity index (χ1) is 7.61. The summed E-state index contributed by atoms with van der Waals surface area (Å²) in [4.78, 5) is 15.5. The fraction of sp³-hybridized carbons (Fsp3) is 0.200. The number of hydrogen-bond donors (Lipinski definition) is 2. The van der Waals surface area contributed by atoms with Crippen LogP contribution in [-0.4, -0.2) is 18.9 Å². The van der Waals surface area contributed by atoms with Crippen molar-refractivity contribution in [2.75, 3.05) is 7.05 Å². The van der Waals surface area contributed by atoms with Crippen molar-refractivity contribution in [3.05, 3.63) is 33.8 Å². The summed E-state index contributed by atoms with van der Waals surface area (Å²) >= 11 is 11.9. The molecule has 1 heterocycles. The number of rotatable bonds is 1. The first-order valence-electron chi connectivity index (χ1n) is 4.61. The maximum Gasteiger partial charge on any atom is 0.253 e. The molecule has 4 nitrogen and oxygen atoms in total. The standard InChI is InChI=1S/C10H9Cl2N3O/c1-13-10-14-8(9(16)15-10)6-4-5(11)2-3-7(6)12/h2-4,8H,1H3,(H2,13,14,15,16). The smallest absolute Gasteiger partial charge is 0.253 e. The molecule has 0 bridgehead atoms. The molecule has 6 heteroatoms. The van der Waals surface area contributed by atoms with Crippen LogP contribution < -0.4 is 10.6 Å². The molecular weight excluding hydrogens is 249 g/mol. The molecular formula is C10H9Cl2N3O. The monoisotopic (exact) mass is 257 g/mol. The van der Waals surface area contributed by atoms with Crippen LogP contribution in [0.1, 0.15) is 11.6 Å². The molecule has 1 aromatic carbocycles. The molecule has 2 rings (SSSR count). The van der Waals surface area contributed by atoms with E-state index in [9.17, 15) is 4.79 Å². The molecule has 1 aliphatic rings. The molecule has 2 N–H and O–H groups in total. The van der Waals surface area contributed by atoms with Gasteiger partial charge in [-0.2, -0.15) is 0 Å². The van der Waals surface area contributed by atoms with Crippen molar-refractivity contribution >= 4 is 35.1 Å². The van der Waals surface area contributed by atoms with Gasteiger partial charge in [0.25, 0.3) is 5.91 Å². The van der Waals surface area contributed by atoms with Crippen molar-refractivity contribution in [2.45, 2.75) is 6.04 Å². The van der Waals surface area contributed by atoms with Gasteiger partial charge in [0, 0.05) is 22.7 Å². The highest BCUT2D eigenvalue weighted by Gasteiger charge is 2.30. The lowest BCUT2D eigenvalue weighted by Crippen LogP contribution is -2.24. The largest absolute Gasteiger partial charge is 0.340 e. The van der Waals surface area contributed by atoms with Gasteiger partial charge >= 0.3 is 0 Å². The van der Waals surface area contributed by atoms with Crippen LogP contribution in [0.5, 0.6) is 0 Å². The second-order valence-corrected chi connectivity index (χ2v) is 4.15. The third-order valence-electron chi connectivity index (χ3n) is 2.28. The highest BCUT2D eigenvalue weighted by molar-refractivity contribution is 6.34. The van der Waals surface area contributed by atoms with Gasteiger partial charge < -0.3 is 5.32 Å². The zero-order valence-electron chi connectivity index (χ0n) is 8.42. The van der Waals surface area contributed by atoms with E-state index in [0.717, 1.165) is 0 Å². The van der Waals surface area contributed by atoms with Crippen LogP contribution in [0.15, 0.2) is 23.2 Å². The topological polar surface area (TPSA) is 53.5 Å². The first kappa shape index (κ1) is 11.2. The Labute approximate surface area is 103 Å². The van der Waals surface area contributed by atoms with E-state index in [1.54, 1.807) is 25.2 Å². The van der Waals surface area contributed by atoms with Crippen LogP contribution in [-0.2, 0) is 4.79 Å². The predicted octanol–water partition coefficient (Wildman–Crippen LogP) is 1.74. The number of nitrogens with zero attached hydrogens (tertiary/aromatic N) is 1. The highest BCUT2D eigenvalue weighted by atomic mass is 35.5. The Balaban J connectivity index is 2.38. The van der Waals surface area contributed by atoms with Crippen molar-refractivity contribution in [1.29, 1.82) is 0 Å². The molecule has 1 aliphatic heterocycles. The van der Waals surface area contributed by atoms with Crippen molar-refractivity contribution in [2.24, 2.45) is 4.99 Å². The summed E-state index contributed by atoms with van der Waals surface area (Å²) in [6.45, 7) is 0. The van der Waals surface area contributed by atoms with Gasteiger partial charge in [-0.15, -0.1) is 0 Å². The Bertz CT molecular complexity index is 473. The number of hydrogen-bond acceptors (Lipinski definition) is 2. The van der Waals surface area contributed by atoms with E-state index in [2.05, 4.69) is 15.6 Å². The molecule has 1 atom stereocenters. The van der Waals surface area contributed by atoms with Gasteiger partial charge in [0.05, 0.1) is 0 Å². The van der Waals surface area contributed by atoms with Crippen LogP contribution >= 0.6 is 23.2 Å². The van der Waals surface area contributed by atoms with E-state index in [4.69, 9.17) is 23.2 Å². The van der Waals surface area contributed by atoms with Gasteiger partial charge in [0.2, 0.25) is 0 Å². The molecule has 0 aliphatic carbocycles. The van der Waals surface area contributed by atoms with E-state index in [-0.39, 0.29) is 5.91 Å². The quantitative estimate of drug-likeness (QED) is 0.806. The van der Waals surface area contributed by atoms with Gasteiger partial charge in [-0.05, 0) is 18.2 Å². The lowest BCUT2D eigenvalue weighted by Gasteiger charge is -2.10. The molecule has 0 spiro atoms. The second-order valence-electron chi connectivity index (χ2n) is 3.30. The van der Waals surface area contributed by atoms with E-state index in [0.29, 0.717) is 21.6 Å². The summed E-state index contributed by atoms with van der Waals surface area (Å²) in [5, 5.41) is 6.55. The summed E-state index contributed by atoms with van der Waals surface area (Å²) in [7, 11) is 1.59. The molecule has 1 fully saturated rings. The molecule has 0 saturated carbocycles. The van der Waals surface area contributed by atoms with E-state index >= 15 is 0 Å². The second kappa shape index (κ2) is 4.31. The van der Waals surface area contributed by atoms with Crippen LogP contribution in [0.4, 0.5) is 0 Å². The third-order valence-corrected chi connectivity index (χ3v) is 2.86. The molecule has 1 unspecified atom stereocenters. The van der Waals surface area contributed by atoms with E-state index in [1.165, 1.54) is 0 Å². The van der Waals surface area contributed by atoms with Gasteiger partial charge in [-0.3, -0.25) is 15.1 Å². The zero-order valence-corrected chi connectivity index (χ0v) is 9.93. The highest BCUT2D eigenvalue weighted by Crippen LogP contribution is 2.27. The Hall–Kier alpha value is -1.26. The maximum atomic E-state index is 11.7. The summed E-state index contributed by atoms with van der Waals surface area (Å²) < 4.78 is 0. The summed E-state index contributed by atoms with van der Waals surface area (Å²) in [5.41, 5.74) is 0.644. The van der Waals surface area contributed by atoms with Gasteiger partial charge in [-0.1, -0.05) is 23.2 Å². The van der Waals surface area contributed by atoms with Gasteiger partial charge in [0.15, 0.2) is 5.96 Å². The van der Waals surface area contributed by atoms with E-state index < -0.39 is 6.04 Å². The Morgan fingerprint density at radius 1 is 1.38 bits per heavy atom. The first-order valence-corrected chi connectivity index (χ1v) is 5.36. The Morgan fingerprint density at radius 3 is 2.75 bits per heavy atom. The Morgan fingerprint density at radius 2 is 2.12 bits per heavy atom.